The summed E-state index contributed by atoms with van der Waals surface area (Å²) in [5.41, 5.74) is 9.64. The van der Waals surface area contributed by atoms with Gasteiger partial charge in [-0.25, -0.2) is 9.98 Å². The summed E-state index contributed by atoms with van der Waals surface area (Å²) in [6, 6.07) is 51.1. The summed E-state index contributed by atoms with van der Waals surface area (Å²) >= 11 is 1.86. The Labute approximate surface area is 293 Å². The van der Waals surface area contributed by atoms with E-state index in [1.807, 2.05) is 11.3 Å². The van der Waals surface area contributed by atoms with E-state index in [1.165, 1.54) is 42.1 Å². The molecule has 1 aliphatic heterocycles. The van der Waals surface area contributed by atoms with Gasteiger partial charge in [0.15, 0.2) is 6.17 Å². The molecule has 5 heteroatoms. The molecule has 1 atom stereocenters. The Kier molecular flexibility index (Phi) is 6.84. The Hall–Kier alpha value is -6.04. The minimum Gasteiger partial charge on any atom is -0.456 e. The predicted molar refractivity (Wildman–Crippen MR) is 209 cm³/mol. The minimum absolute atomic E-state index is 0.410. The van der Waals surface area contributed by atoms with Crippen molar-refractivity contribution in [3.63, 3.8) is 0 Å². The van der Waals surface area contributed by atoms with Crippen molar-refractivity contribution in [3.8, 4) is 22.3 Å². The second-order valence-corrected chi connectivity index (χ2v) is 13.9. The second kappa shape index (κ2) is 11.8. The summed E-state index contributed by atoms with van der Waals surface area (Å²) in [7, 11) is 0. The van der Waals surface area contributed by atoms with Crippen LogP contribution < -0.4 is 15.1 Å². The van der Waals surface area contributed by atoms with Gasteiger partial charge in [-0.1, -0.05) is 121 Å². The number of amidine groups is 2. The number of nitrogens with one attached hydrogen (secondary N) is 1. The molecular formula is C45H31N3OS. The van der Waals surface area contributed by atoms with Gasteiger partial charge in [0.25, 0.3) is 0 Å². The number of furan rings is 1. The molecule has 1 aliphatic carbocycles. The zero-order valence-corrected chi connectivity index (χ0v) is 28.0. The molecule has 4 nitrogen and oxygen atoms in total. The van der Waals surface area contributed by atoms with Crippen LogP contribution in [0.25, 0.3) is 65.9 Å². The maximum absolute atomic E-state index is 6.53. The van der Waals surface area contributed by atoms with Crippen LogP contribution in [0.2, 0.25) is 0 Å². The van der Waals surface area contributed by atoms with Gasteiger partial charge in [0, 0.05) is 41.7 Å². The normalized spacial score (nSPS) is 15.8. The highest BCUT2D eigenvalue weighted by atomic mass is 32.1. The zero-order valence-electron chi connectivity index (χ0n) is 27.1. The number of hydrogen-bond acceptors (Lipinski definition) is 5. The summed E-state index contributed by atoms with van der Waals surface area (Å²) in [5.74, 6) is 1.68. The molecule has 0 saturated heterocycles. The Morgan fingerprint density at radius 2 is 1.36 bits per heavy atom. The molecule has 0 radical (unpaired) electrons. The van der Waals surface area contributed by atoms with Crippen LogP contribution in [0.5, 0.6) is 0 Å². The number of hydrogen-bond donors (Lipinski definition) is 1. The van der Waals surface area contributed by atoms with Crippen molar-refractivity contribution in [2.45, 2.75) is 19.0 Å². The van der Waals surface area contributed by atoms with Crippen molar-refractivity contribution >= 4 is 66.7 Å². The highest BCUT2D eigenvalue weighted by Gasteiger charge is 2.25. The number of thiophene rings is 1. The Morgan fingerprint density at radius 1 is 0.600 bits per heavy atom. The molecule has 10 rings (SSSR count). The molecule has 2 aliphatic rings. The molecule has 0 bridgehead atoms. The lowest BCUT2D eigenvalue weighted by Crippen LogP contribution is -2.40. The molecule has 6 aromatic carbocycles. The monoisotopic (exact) mass is 661 g/mol. The maximum Gasteiger partial charge on any atom is 0.169 e. The first kappa shape index (κ1) is 28.9. The van der Waals surface area contributed by atoms with Gasteiger partial charge in [0.1, 0.15) is 22.8 Å². The lowest BCUT2D eigenvalue weighted by Gasteiger charge is -2.24. The molecule has 0 amide bonds. The molecule has 50 heavy (non-hydrogen) atoms. The van der Waals surface area contributed by atoms with Crippen LogP contribution in [0, 0.1) is 0 Å². The van der Waals surface area contributed by atoms with E-state index in [4.69, 9.17) is 14.4 Å². The average Bonchev–Trinajstić information content (AvgIpc) is 3.77. The molecule has 0 spiro atoms. The third kappa shape index (κ3) is 4.89. The summed E-state index contributed by atoms with van der Waals surface area (Å²) in [6.45, 7) is 0. The van der Waals surface area contributed by atoms with Crippen LogP contribution in [-0.2, 0) is 0 Å². The van der Waals surface area contributed by atoms with Gasteiger partial charge in [-0.3, -0.25) is 0 Å². The Morgan fingerprint density at radius 3 is 2.24 bits per heavy atom. The molecular weight excluding hydrogens is 631 g/mol. The van der Waals surface area contributed by atoms with Crippen molar-refractivity contribution < 1.29 is 4.42 Å². The lowest BCUT2D eigenvalue weighted by atomic mass is 9.98. The van der Waals surface area contributed by atoms with Gasteiger partial charge in [0.05, 0.1) is 0 Å². The lowest BCUT2D eigenvalue weighted by molar-refractivity contribution is 0.669. The second-order valence-electron chi connectivity index (χ2n) is 12.9. The summed E-state index contributed by atoms with van der Waals surface area (Å²) in [5, 5.41) is 8.52. The first-order valence-corrected chi connectivity index (χ1v) is 17.9. The van der Waals surface area contributed by atoms with Crippen LogP contribution in [0.15, 0.2) is 160 Å². The SMILES string of the molecule is C1=c2sc3ccccc3c2=C(C2=NC(c3cccc(-c4ccccc4)c3)N=C(c3ccc4c(c3)oc3cccc(-c5ccccc5)c34)N2)CC1. The third-order valence-corrected chi connectivity index (χ3v) is 11.0. The highest BCUT2D eigenvalue weighted by molar-refractivity contribution is 7.17. The maximum atomic E-state index is 6.53. The standard InChI is InChI=1S/C45H31N3OS/c1-3-12-28(13-4-1)30-16-9-17-31(26-30)43-46-44(48-45(47-43)36-20-11-23-40-42(36)35-18-7-8-22-39(35)50-40)32-24-25-34-38(27-32)49-37-21-10-19-33(41(34)37)29-14-5-2-6-15-29/h1-10,12-19,21-27,43H,11,20H2,(H,46,47,48). The van der Waals surface area contributed by atoms with Crippen molar-refractivity contribution in [1.29, 1.82) is 0 Å². The summed E-state index contributed by atoms with van der Waals surface area (Å²) in [6.07, 6.45) is 3.86. The van der Waals surface area contributed by atoms with Gasteiger partial charge in [-0.15, -0.1) is 11.3 Å². The van der Waals surface area contributed by atoms with Crippen molar-refractivity contribution in [3.05, 3.63) is 166 Å². The van der Waals surface area contributed by atoms with Gasteiger partial charge in [-0.05, 0) is 71.0 Å². The molecule has 8 aromatic rings. The first-order chi connectivity index (χ1) is 24.8. The van der Waals surface area contributed by atoms with Crippen molar-refractivity contribution in [2.75, 3.05) is 0 Å². The topological polar surface area (TPSA) is 49.9 Å². The highest BCUT2D eigenvalue weighted by Crippen LogP contribution is 2.37. The van der Waals surface area contributed by atoms with E-state index in [2.05, 4.69) is 157 Å². The van der Waals surface area contributed by atoms with E-state index in [0.717, 1.165) is 63.1 Å². The molecule has 2 aromatic heterocycles. The molecule has 0 saturated carbocycles. The van der Waals surface area contributed by atoms with Gasteiger partial charge < -0.3 is 9.73 Å². The van der Waals surface area contributed by atoms with Crippen LogP contribution >= 0.6 is 11.3 Å². The number of fused-ring (bicyclic) bond motifs is 6. The average molecular weight is 662 g/mol. The molecule has 1 N–H and O–H groups in total. The van der Waals surface area contributed by atoms with E-state index in [1.54, 1.807) is 0 Å². The summed E-state index contributed by atoms with van der Waals surface area (Å²) in [4.78, 5) is 10.7. The number of nitrogens with zero attached hydrogens (tertiary/aromatic N) is 2. The first-order valence-electron chi connectivity index (χ1n) is 17.1. The quantitative estimate of drug-likeness (QED) is 0.200. The predicted octanol–water partition coefficient (Wildman–Crippen LogP) is 10.0. The fraction of sp³-hybridized carbons (Fsp3) is 0.0667. The molecule has 3 heterocycles. The molecule has 1 unspecified atom stereocenters. The Balaban J connectivity index is 1.14. The van der Waals surface area contributed by atoms with Crippen LogP contribution in [0.4, 0.5) is 0 Å². The molecule has 238 valence electrons. The van der Waals surface area contributed by atoms with Gasteiger partial charge >= 0.3 is 0 Å². The van der Waals surface area contributed by atoms with Crippen LogP contribution in [0.1, 0.15) is 30.1 Å². The third-order valence-electron chi connectivity index (χ3n) is 9.82. The van der Waals surface area contributed by atoms with Gasteiger partial charge in [0.2, 0.25) is 0 Å². The van der Waals surface area contributed by atoms with Crippen LogP contribution in [-0.4, -0.2) is 11.7 Å². The fourth-order valence-electron chi connectivity index (χ4n) is 7.47. The summed E-state index contributed by atoms with van der Waals surface area (Å²) < 4.78 is 9.15. The minimum atomic E-state index is -0.410. The van der Waals surface area contributed by atoms with E-state index in [9.17, 15) is 0 Å². The number of aliphatic imine (C=N–C) groups is 2. The number of rotatable bonds is 5. The van der Waals surface area contributed by atoms with Crippen molar-refractivity contribution in [1.82, 2.24) is 5.32 Å². The van der Waals surface area contributed by atoms with E-state index in [0.29, 0.717) is 0 Å². The van der Waals surface area contributed by atoms with E-state index < -0.39 is 6.17 Å². The Bertz CT molecular complexity index is 2790. The molecule has 0 fully saturated rings. The van der Waals surface area contributed by atoms with Gasteiger partial charge in [-0.2, -0.15) is 0 Å². The van der Waals surface area contributed by atoms with E-state index in [-0.39, 0.29) is 0 Å². The van der Waals surface area contributed by atoms with Crippen LogP contribution in [0.3, 0.4) is 0 Å². The van der Waals surface area contributed by atoms with Crippen molar-refractivity contribution in [2.24, 2.45) is 9.98 Å². The zero-order chi connectivity index (χ0) is 33.0. The number of benzene rings is 6. The smallest absolute Gasteiger partial charge is 0.169 e. The fourth-order valence-corrected chi connectivity index (χ4v) is 8.67. The van der Waals surface area contributed by atoms with E-state index >= 15 is 0 Å². The largest absolute Gasteiger partial charge is 0.456 e.